The van der Waals surface area contributed by atoms with Crippen LogP contribution in [0.1, 0.15) is 29.5 Å². The highest BCUT2D eigenvalue weighted by atomic mass is 35.5. The predicted octanol–water partition coefficient (Wildman–Crippen LogP) is 5.85. The van der Waals surface area contributed by atoms with E-state index in [4.69, 9.17) is 16.6 Å². The summed E-state index contributed by atoms with van der Waals surface area (Å²) in [5.74, 6) is -0.645. The van der Waals surface area contributed by atoms with Crippen molar-refractivity contribution in [1.82, 2.24) is 10.3 Å². The summed E-state index contributed by atoms with van der Waals surface area (Å²) >= 11 is 6.17. The molecule has 4 aromatic rings. The molecule has 0 spiro atoms. The van der Waals surface area contributed by atoms with Gasteiger partial charge < -0.3 is 10.6 Å². The van der Waals surface area contributed by atoms with Gasteiger partial charge in [-0.05, 0) is 65.7 Å². The molecular formula is C27H23ClN4O. The second kappa shape index (κ2) is 9.14. The van der Waals surface area contributed by atoms with Crippen LogP contribution in [0.25, 0.3) is 10.9 Å². The first kappa shape index (κ1) is 21.3. The summed E-state index contributed by atoms with van der Waals surface area (Å²) in [6, 6.07) is 23.5. The first-order chi connectivity index (χ1) is 16.1. The molecule has 0 fully saturated rings. The number of anilines is 1. The molecule has 5 rings (SSSR count). The summed E-state index contributed by atoms with van der Waals surface area (Å²) in [5.41, 5.74) is 6.07. The Balaban J connectivity index is 1.62. The van der Waals surface area contributed by atoms with E-state index in [1.807, 2.05) is 54.6 Å². The van der Waals surface area contributed by atoms with Crippen molar-refractivity contribution in [2.24, 2.45) is 4.99 Å². The summed E-state index contributed by atoms with van der Waals surface area (Å²) in [4.78, 5) is 22.5. The monoisotopic (exact) mass is 454 g/mol. The number of nitrogens with one attached hydrogen (secondary N) is 2. The normalized spacial score (nSPS) is 15.5. The summed E-state index contributed by atoms with van der Waals surface area (Å²) in [6.45, 7) is 3.81. The zero-order valence-corrected chi connectivity index (χ0v) is 18.9. The zero-order valence-electron chi connectivity index (χ0n) is 18.2. The van der Waals surface area contributed by atoms with Crippen molar-refractivity contribution in [3.05, 3.63) is 101 Å². The lowest BCUT2D eigenvalue weighted by Crippen LogP contribution is -2.22. The molecule has 0 aliphatic carbocycles. The van der Waals surface area contributed by atoms with Crippen LogP contribution in [0.15, 0.2) is 84.0 Å². The standard InChI is InChI=1S/C27H23ClN4O/c1-2-29-16-17-5-9-21(10-6-17)31-26(19-7-12-23-18(14-19)4-3-13-30-23)25-22-11-8-20(28)15-24(22)32-27(25)33/h3-15,25,29H,2,16H2,1H3,(H,32,33). The molecule has 2 N–H and O–H groups in total. The SMILES string of the molecule is CCNCc1ccc(N=C(c2ccc3ncccc3c2)C2C(=O)Nc3cc(Cl)ccc32)cc1. The second-order valence-electron chi connectivity index (χ2n) is 8.01. The molecule has 2 heterocycles. The fourth-order valence-electron chi connectivity index (χ4n) is 4.13. The molecule has 164 valence electrons. The van der Waals surface area contributed by atoms with Crippen LogP contribution in [0.3, 0.4) is 0 Å². The van der Waals surface area contributed by atoms with Crippen LogP contribution < -0.4 is 10.6 Å². The maximum Gasteiger partial charge on any atom is 0.238 e. The highest BCUT2D eigenvalue weighted by Gasteiger charge is 2.35. The van der Waals surface area contributed by atoms with Crippen LogP contribution in [0.2, 0.25) is 5.02 Å². The van der Waals surface area contributed by atoms with Gasteiger partial charge in [-0.2, -0.15) is 0 Å². The average Bonchev–Trinajstić information content (AvgIpc) is 3.16. The molecule has 3 aromatic carbocycles. The Labute approximate surface area is 197 Å². The molecule has 1 atom stereocenters. The van der Waals surface area contributed by atoms with Gasteiger partial charge in [-0.1, -0.05) is 48.9 Å². The van der Waals surface area contributed by atoms with Gasteiger partial charge in [0.05, 0.1) is 16.9 Å². The third-order valence-electron chi connectivity index (χ3n) is 5.78. The third kappa shape index (κ3) is 4.38. The number of amides is 1. The summed E-state index contributed by atoms with van der Waals surface area (Å²) in [6.07, 6.45) is 1.77. The number of aliphatic imine (C=N–C) groups is 1. The van der Waals surface area contributed by atoms with Crippen LogP contribution in [0.5, 0.6) is 0 Å². The van der Waals surface area contributed by atoms with Gasteiger partial charge >= 0.3 is 0 Å². The molecule has 33 heavy (non-hydrogen) atoms. The Kier molecular flexibility index (Phi) is 5.90. The molecule has 0 saturated carbocycles. The first-order valence-electron chi connectivity index (χ1n) is 11.0. The maximum atomic E-state index is 13.1. The number of carbonyl (C=O) groups is 1. The minimum Gasteiger partial charge on any atom is -0.325 e. The van der Waals surface area contributed by atoms with Crippen molar-refractivity contribution in [3.8, 4) is 0 Å². The van der Waals surface area contributed by atoms with Crippen molar-refractivity contribution < 1.29 is 4.79 Å². The van der Waals surface area contributed by atoms with Gasteiger partial charge in [-0.3, -0.25) is 14.8 Å². The molecule has 1 aliphatic rings. The lowest BCUT2D eigenvalue weighted by Gasteiger charge is -2.15. The fraction of sp³-hybridized carbons (Fsp3) is 0.148. The summed E-state index contributed by atoms with van der Waals surface area (Å²) in [7, 11) is 0. The van der Waals surface area contributed by atoms with Crippen LogP contribution >= 0.6 is 11.6 Å². The quantitative estimate of drug-likeness (QED) is 0.359. The van der Waals surface area contributed by atoms with E-state index in [0.717, 1.165) is 46.5 Å². The van der Waals surface area contributed by atoms with Crippen molar-refractivity contribution in [2.45, 2.75) is 19.4 Å². The summed E-state index contributed by atoms with van der Waals surface area (Å²) < 4.78 is 0. The van der Waals surface area contributed by atoms with Crippen LogP contribution in [-0.4, -0.2) is 23.1 Å². The molecule has 6 heteroatoms. The number of benzene rings is 3. The van der Waals surface area contributed by atoms with E-state index >= 15 is 0 Å². The van der Waals surface area contributed by atoms with E-state index in [0.29, 0.717) is 10.7 Å². The molecular weight excluding hydrogens is 432 g/mol. The minimum absolute atomic E-state index is 0.110. The van der Waals surface area contributed by atoms with Crippen LogP contribution in [0, 0.1) is 0 Å². The van der Waals surface area contributed by atoms with Gasteiger partial charge in [0.2, 0.25) is 5.91 Å². The van der Waals surface area contributed by atoms with E-state index in [1.165, 1.54) is 5.56 Å². The Morgan fingerprint density at radius 2 is 1.94 bits per heavy atom. The first-order valence-corrected chi connectivity index (χ1v) is 11.3. The number of hydrogen-bond donors (Lipinski definition) is 2. The van der Waals surface area contributed by atoms with Crippen molar-refractivity contribution >= 4 is 45.5 Å². The van der Waals surface area contributed by atoms with Gasteiger partial charge in [-0.15, -0.1) is 0 Å². The van der Waals surface area contributed by atoms with E-state index in [1.54, 1.807) is 12.3 Å². The smallest absolute Gasteiger partial charge is 0.238 e. The minimum atomic E-state index is -0.534. The average molecular weight is 455 g/mol. The van der Waals surface area contributed by atoms with Gasteiger partial charge in [0, 0.05) is 28.8 Å². The van der Waals surface area contributed by atoms with E-state index in [2.05, 4.69) is 34.7 Å². The third-order valence-corrected chi connectivity index (χ3v) is 6.02. The highest BCUT2D eigenvalue weighted by Crippen LogP contribution is 2.38. The van der Waals surface area contributed by atoms with E-state index in [9.17, 15) is 4.79 Å². The van der Waals surface area contributed by atoms with Gasteiger partial charge in [0.1, 0.15) is 5.92 Å². The number of carbonyl (C=O) groups excluding carboxylic acids is 1. The Hall–Kier alpha value is -3.54. The lowest BCUT2D eigenvalue weighted by molar-refractivity contribution is -0.115. The largest absolute Gasteiger partial charge is 0.325 e. The molecule has 1 aromatic heterocycles. The Morgan fingerprint density at radius 3 is 2.76 bits per heavy atom. The van der Waals surface area contributed by atoms with E-state index < -0.39 is 5.92 Å². The summed E-state index contributed by atoms with van der Waals surface area (Å²) in [5, 5.41) is 7.88. The topological polar surface area (TPSA) is 66.4 Å². The molecule has 5 nitrogen and oxygen atoms in total. The van der Waals surface area contributed by atoms with Crippen LogP contribution in [0.4, 0.5) is 11.4 Å². The maximum absolute atomic E-state index is 13.1. The number of halogens is 1. The Bertz CT molecular complexity index is 1360. The molecule has 0 bridgehead atoms. The lowest BCUT2D eigenvalue weighted by atomic mass is 9.90. The van der Waals surface area contributed by atoms with E-state index in [-0.39, 0.29) is 5.91 Å². The zero-order chi connectivity index (χ0) is 22.8. The molecule has 0 saturated heterocycles. The van der Waals surface area contributed by atoms with Crippen LogP contribution in [-0.2, 0) is 11.3 Å². The number of fused-ring (bicyclic) bond motifs is 2. The second-order valence-corrected chi connectivity index (χ2v) is 8.44. The molecule has 1 unspecified atom stereocenters. The molecule has 0 radical (unpaired) electrons. The van der Waals surface area contributed by atoms with Gasteiger partial charge in [-0.25, -0.2) is 0 Å². The van der Waals surface area contributed by atoms with Crippen molar-refractivity contribution in [1.29, 1.82) is 0 Å². The van der Waals surface area contributed by atoms with Crippen molar-refractivity contribution in [3.63, 3.8) is 0 Å². The number of hydrogen-bond acceptors (Lipinski definition) is 4. The fourth-order valence-corrected chi connectivity index (χ4v) is 4.31. The van der Waals surface area contributed by atoms with Crippen molar-refractivity contribution in [2.75, 3.05) is 11.9 Å². The Morgan fingerprint density at radius 1 is 1.09 bits per heavy atom. The highest BCUT2D eigenvalue weighted by molar-refractivity contribution is 6.31. The molecule has 1 aliphatic heterocycles. The molecule has 1 amide bonds. The van der Waals surface area contributed by atoms with Gasteiger partial charge in [0.15, 0.2) is 0 Å². The predicted molar refractivity (Wildman–Crippen MR) is 135 cm³/mol. The van der Waals surface area contributed by atoms with Gasteiger partial charge in [0.25, 0.3) is 0 Å². The number of nitrogens with zero attached hydrogens (tertiary/aromatic N) is 2. The number of rotatable bonds is 6. The number of aromatic nitrogens is 1. The number of pyridine rings is 1.